The Morgan fingerprint density at radius 1 is 1.00 bits per heavy atom. The van der Waals surface area contributed by atoms with Crippen molar-refractivity contribution in [2.24, 2.45) is 0 Å². The van der Waals surface area contributed by atoms with Crippen molar-refractivity contribution in [2.45, 2.75) is 0 Å². The number of anilines is 1. The summed E-state index contributed by atoms with van der Waals surface area (Å²) < 4.78 is 5.36. The van der Waals surface area contributed by atoms with Crippen LogP contribution in [0, 0.1) is 0 Å². The SMILES string of the molecule is COc1ccc2ncc(-c3ccccc3)c(N(C)C)c2c1. The molecule has 0 amide bonds. The molecule has 3 nitrogen and oxygen atoms in total. The maximum absolute atomic E-state index is 5.36. The minimum Gasteiger partial charge on any atom is -0.497 e. The van der Waals surface area contributed by atoms with Crippen LogP contribution in [0.15, 0.2) is 54.7 Å². The van der Waals surface area contributed by atoms with Gasteiger partial charge in [-0.1, -0.05) is 30.3 Å². The second-order valence-corrected chi connectivity index (χ2v) is 5.16. The standard InChI is InChI=1S/C18H18N2O/c1-20(2)18-15-11-14(21-3)9-10-17(15)19-12-16(18)13-7-5-4-6-8-13/h4-12H,1-3H3. The number of benzene rings is 2. The Bertz CT molecular complexity index is 767. The lowest BCUT2D eigenvalue weighted by molar-refractivity contribution is 0.415. The molecule has 1 aromatic heterocycles. The molecule has 0 aliphatic heterocycles. The van der Waals surface area contributed by atoms with Crippen molar-refractivity contribution in [2.75, 3.05) is 26.1 Å². The minimum atomic E-state index is 0.845. The molecule has 0 fully saturated rings. The molecule has 106 valence electrons. The third kappa shape index (κ3) is 2.42. The van der Waals surface area contributed by atoms with Crippen molar-refractivity contribution < 1.29 is 4.74 Å². The number of ether oxygens (including phenoxy) is 1. The monoisotopic (exact) mass is 278 g/mol. The van der Waals surface area contributed by atoms with Crippen LogP contribution in [0.3, 0.4) is 0 Å². The lowest BCUT2D eigenvalue weighted by Gasteiger charge is -2.20. The first-order valence-electron chi connectivity index (χ1n) is 6.90. The van der Waals surface area contributed by atoms with Gasteiger partial charge in [-0.3, -0.25) is 4.98 Å². The Morgan fingerprint density at radius 3 is 2.43 bits per heavy atom. The van der Waals surface area contributed by atoms with Gasteiger partial charge in [0.1, 0.15) is 5.75 Å². The number of rotatable bonds is 3. The van der Waals surface area contributed by atoms with Gasteiger partial charge in [0, 0.05) is 31.2 Å². The fourth-order valence-electron chi connectivity index (χ4n) is 2.60. The van der Waals surface area contributed by atoms with E-state index in [0.717, 1.165) is 27.9 Å². The largest absolute Gasteiger partial charge is 0.497 e. The zero-order valence-electron chi connectivity index (χ0n) is 12.5. The molecule has 3 aromatic rings. The van der Waals surface area contributed by atoms with Gasteiger partial charge in [0.2, 0.25) is 0 Å². The van der Waals surface area contributed by atoms with Crippen LogP contribution in [0.5, 0.6) is 5.75 Å². The van der Waals surface area contributed by atoms with Gasteiger partial charge in [0.25, 0.3) is 0 Å². The second kappa shape index (κ2) is 5.44. The van der Waals surface area contributed by atoms with Crippen LogP contribution in [0.2, 0.25) is 0 Å². The number of fused-ring (bicyclic) bond motifs is 1. The van der Waals surface area contributed by atoms with Crippen molar-refractivity contribution >= 4 is 16.6 Å². The highest BCUT2D eigenvalue weighted by Crippen LogP contribution is 2.36. The Labute approximate surface area is 124 Å². The molecular weight excluding hydrogens is 260 g/mol. The highest BCUT2D eigenvalue weighted by atomic mass is 16.5. The predicted octanol–water partition coefficient (Wildman–Crippen LogP) is 3.98. The van der Waals surface area contributed by atoms with E-state index in [1.807, 2.05) is 42.6 Å². The first kappa shape index (κ1) is 13.4. The summed E-state index contributed by atoms with van der Waals surface area (Å²) in [7, 11) is 5.80. The first-order valence-corrected chi connectivity index (χ1v) is 6.90. The molecule has 2 aromatic carbocycles. The van der Waals surface area contributed by atoms with E-state index in [9.17, 15) is 0 Å². The molecule has 0 atom stereocenters. The van der Waals surface area contributed by atoms with Crippen LogP contribution in [0.4, 0.5) is 5.69 Å². The highest BCUT2D eigenvalue weighted by molar-refractivity contribution is 6.00. The molecule has 0 saturated carbocycles. The number of hydrogen-bond acceptors (Lipinski definition) is 3. The van der Waals surface area contributed by atoms with Crippen molar-refractivity contribution in [1.82, 2.24) is 4.98 Å². The maximum Gasteiger partial charge on any atom is 0.119 e. The summed E-state index contributed by atoms with van der Waals surface area (Å²) in [6.07, 6.45) is 1.94. The third-order valence-corrected chi connectivity index (χ3v) is 3.58. The summed E-state index contributed by atoms with van der Waals surface area (Å²) in [6, 6.07) is 16.3. The summed E-state index contributed by atoms with van der Waals surface area (Å²) in [5.74, 6) is 0.845. The summed E-state index contributed by atoms with van der Waals surface area (Å²) in [6.45, 7) is 0. The summed E-state index contributed by atoms with van der Waals surface area (Å²) in [4.78, 5) is 6.72. The van der Waals surface area contributed by atoms with Gasteiger partial charge in [0.05, 0.1) is 18.3 Å². The zero-order chi connectivity index (χ0) is 14.8. The molecule has 0 spiro atoms. The molecule has 0 aliphatic carbocycles. The number of hydrogen-bond donors (Lipinski definition) is 0. The lowest BCUT2D eigenvalue weighted by atomic mass is 10.0. The fraction of sp³-hybridized carbons (Fsp3) is 0.167. The number of methoxy groups -OCH3 is 1. The van der Waals surface area contributed by atoms with Crippen LogP contribution >= 0.6 is 0 Å². The Kier molecular flexibility index (Phi) is 3.48. The molecule has 3 heteroatoms. The quantitative estimate of drug-likeness (QED) is 0.724. The van der Waals surface area contributed by atoms with Crippen LogP contribution in [-0.4, -0.2) is 26.2 Å². The van der Waals surface area contributed by atoms with Crippen LogP contribution in [0.25, 0.3) is 22.0 Å². The summed E-state index contributed by atoms with van der Waals surface area (Å²) >= 11 is 0. The molecule has 0 aliphatic rings. The predicted molar refractivity (Wildman–Crippen MR) is 88.1 cm³/mol. The highest BCUT2D eigenvalue weighted by Gasteiger charge is 2.13. The van der Waals surface area contributed by atoms with Gasteiger partial charge in [-0.15, -0.1) is 0 Å². The van der Waals surface area contributed by atoms with Gasteiger partial charge in [0.15, 0.2) is 0 Å². The van der Waals surface area contributed by atoms with Crippen molar-refractivity contribution in [3.63, 3.8) is 0 Å². The molecule has 0 N–H and O–H groups in total. The van der Waals surface area contributed by atoms with E-state index < -0.39 is 0 Å². The van der Waals surface area contributed by atoms with Gasteiger partial charge in [-0.05, 0) is 23.8 Å². The van der Waals surface area contributed by atoms with Crippen LogP contribution < -0.4 is 9.64 Å². The van der Waals surface area contributed by atoms with E-state index in [0.29, 0.717) is 0 Å². The first-order chi connectivity index (χ1) is 10.2. The lowest BCUT2D eigenvalue weighted by Crippen LogP contribution is -2.11. The van der Waals surface area contributed by atoms with Crippen molar-refractivity contribution in [3.05, 3.63) is 54.7 Å². The second-order valence-electron chi connectivity index (χ2n) is 5.16. The van der Waals surface area contributed by atoms with Gasteiger partial charge in [-0.2, -0.15) is 0 Å². The maximum atomic E-state index is 5.36. The van der Waals surface area contributed by atoms with Gasteiger partial charge >= 0.3 is 0 Å². The van der Waals surface area contributed by atoms with Gasteiger partial charge < -0.3 is 9.64 Å². The smallest absolute Gasteiger partial charge is 0.119 e. The third-order valence-electron chi connectivity index (χ3n) is 3.58. The molecule has 21 heavy (non-hydrogen) atoms. The van der Waals surface area contributed by atoms with E-state index in [4.69, 9.17) is 4.74 Å². The van der Waals surface area contributed by atoms with E-state index in [1.54, 1.807) is 7.11 Å². The van der Waals surface area contributed by atoms with E-state index in [1.165, 1.54) is 5.56 Å². The fourth-order valence-corrected chi connectivity index (χ4v) is 2.60. The number of pyridine rings is 1. The Balaban J connectivity index is 2.33. The molecule has 1 heterocycles. The molecule has 0 bridgehead atoms. The number of aromatic nitrogens is 1. The average Bonchev–Trinajstić information content (AvgIpc) is 2.53. The Morgan fingerprint density at radius 2 is 1.76 bits per heavy atom. The van der Waals surface area contributed by atoms with Crippen molar-refractivity contribution in [1.29, 1.82) is 0 Å². The van der Waals surface area contributed by atoms with Gasteiger partial charge in [-0.25, -0.2) is 0 Å². The average molecular weight is 278 g/mol. The van der Waals surface area contributed by atoms with Crippen LogP contribution in [0.1, 0.15) is 0 Å². The molecule has 0 unspecified atom stereocenters. The number of nitrogens with zero attached hydrogens (tertiary/aromatic N) is 2. The van der Waals surface area contributed by atoms with Crippen molar-refractivity contribution in [3.8, 4) is 16.9 Å². The summed E-state index contributed by atoms with van der Waals surface area (Å²) in [5, 5.41) is 1.10. The molecule has 0 saturated heterocycles. The minimum absolute atomic E-state index is 0.845. The topological polar surface area (TPSA) is 25.4 Å². The molecular formula is C18H18N2O. The zero-order valence-corrected chi connectivity index (χ0v) is 12.5. The molecule has 3 rings (SSSR count). The molecule has 0 radical (unpaired) electrons. The van der Waals surface area contributed by atoms with E-state index in [-0.39, 0.29) is 0 Å². The Hall–Kier alpha value is -2.55. The summed E-state index contributed by atoms with van der Waals surface area (Å²) in [5.41, 5.74) is 4.42. The normalized spacial score (nSPS) is 10.6. The van der Waals surface area contributed by atoms with E-state index >= 15 is 0 Å². The van der Waals surface area contributed by atoms with E-state index in [2.05, 4.69) is 36.1 Å². The van der Waals surface area contributed by atoms with Crippen LogP contribution in [-0.2, 0) is 0 Å².